The molecule has 70 valence electrons. The fourth-order valence-corrected chi connectivity index (χ4v) is 0.618. The van der Waals surface area contributed by atoms with Crippen LogP contribution in [0, 0.1) is 0 Å². The summed E-state index contributed by atoms with van der Waals surface area (Å²) in [4.78, 5) is 10.3. The molecule has 0 bridgehead atoms. The van der Waals surface area contributed by atoms with E-state index < -0.39 is 12.0 Å². The van der Waals surface area contributed by atoms with Gasteiger partial charge in [-0.25, -0.2) is 4.79 Å². The highest BCUT2D eigenvalue weighted by Crippen LogP contribution is 1.94. The third-order valence-corrected chi connectivity index (χ3v) is 1.38. The zero-order valence-electron chi connectivity index (χ0n) is 6.79. The molecule has 0 fully saturated rings. The van der Waals surface area contributed by atoms with Crippen LogP contribution in [0.4, 0.5) is 0 Å². The topological polar surface area (TPSA) is 95.6 Å². The van der Waals surface area contributed by atoms with Crippen LogP contribution in [0.3, 0.4) is 0 Å². The average molecular weight is 174 g/mol. The molecule has 0 saturated heterocycles. The van der Waals surface area contributed by atoms with Gasteiger partial charge < -0.3 is 21.3 Å². The number of nitrogens with two attached hydrogens (primary N) is 1. The summed E-state index contributed by atoms with van der Waals surface area (Å²) in [7, 11) is 0. The third-order valence-electron chi connectivity index (χ3n) is 1.38. The minimum absolute atomic E-state index is 0.00622. The average Bonchev–Trinajstić information content (AvgIpc) is 2.03. The van der Waals surface area contributed by atoms with Crippen molar-refractivity contribution in [3.05, 3.63) is 12.2 Å². The number of nitrogens with one attached hydrogen (secondary N) is 1. The summed E-state index contributed by atoms with van der Waals surface area (Å²) in [5.41, 5.74) is 5.41. The molecular weight excluding hydrogens is 160 g/mol. The molecule has 0 rings (SSSR count). The number of hydrogen-bond donors (Lipinski definition) is 4. The van der Waals surface area contributed by atoms with E-state index in [2.05, 4.69) is 11.9 Å². The van der Waals surface area contributed by atoms with Gasteiger partial charge in [0.2, 0.25) is 0 Å². The summed E-state index contributed by atoms with van der Waals surface area (Å²) in [5.74, 6) is -1.09. The highest BCUT2D eigenvalue weighted by Gasteiger charge is 2.12. The number of aliphatic carboxylic acids is 1. The van der Waals surface area contributed by atoms with Crippen LogP contribution in [0.5, 0.6) is 0 Å². The van der Waals surface area contributed by atoms with E-state index in [1.807, 2.05) is 0 Å². The lowest BCUT2D eigenvalue weighted by atomic mass is 10.1. The number of aliphatic hydroxyl groups excluding tert-OH is 1. The second-order valence-electron chi connectivity index (χ2n) is 2.36. The molecule has 12 heavy (non-hydrogen) atoms. The standard InChI is InChI=1S/C7H14N2O3/c1-5(7(11)12)6(8)4-9-2-3-10/h6,9-10H,1-4,8H2,(H,11,12). The Balaban J connectivity index is 3.64. The number of aliphatic hydroxyl groups is 1. The van der Waals surface area contributed by atoms with E-state index in [9.17, 15) is 4.79 Å². The Bertz CT molecular complexity index is 170. The van der Waals surface area contributed by atoms with Crippen LogP contribution < -0.4 is 11.1 Å². The number of carboxylic acid groups (broad SMARTS) is 1. The molecule has 0 heterocycles. The predicted octanol–water partition coefficient (Wildman–Crippen LogP) is -1.46. The van der Waals surface area contributed by atoms with Crippen molar-refractivity contribution in [3.63, 3.8) is 0 Å². The zero-order valence-corrected chi connectivity index (χ0v) is 6.79. The van der Waals surface area contributed by atoms with Gasteiger partial charge in [-0.15, -0.1) is 0 Å². The summed E-state index contributed by atoms with van der Waals surface area (Å²) in [6.45, 7) is 4.03. The first-order valence-electron chi connectivity index (χ1n) is 3.58. The van der Waals surface area contributed by atoms with Crippen LogP contribution in [0.2, 0.25) is 0 Å². The molecule has 0 aromatic rings. The van der Waals surface area contributed by atoms with Gasteiger partial charge in [-0.1, -0.05) is 6.58 Å². The van der Waals surface area contributed by atoms with Crippen molar-refractivity contribution in [2.24, 2.45) is 5.73 Å². The molecule has 0 aliphatic heterocycles. The van der Waals surface area contributed by atoms with E-state index in [0.717, 1.165) is 0 Å². The highest BCUT2D eigenvalue weighted by atomic mass is 16.4. The van der Waals surface area contributed by atoms with E-state index in [0.29, 0.717) is 13.1 Å². The Kier molecular flexibility index (Phi) is 5.27. The van der Waals surface area contributed by atoms with Crippen LogP contribution in [-0.4, -0.2) is 41.9 Å². The van der Waals surface area contributed by atoms with Crippen LogP contribution in [0.1, 0.15) is 0 Å². The van der Waals surface area contributed by atoms with Crippen molar-refractivity contribution in [3.8, 4) is 0 Å². The van der Waals surface area contributed by atoms with E-state index in [-0.39, 0.29) is 12.2 Å². The molecule has 0 aromatic carbocycles. The molecule has 5 heteroatoms. The fourth-order valence-electron chi connectivity index (χ4n) is 0.618. The van der Waals surface area contributed by atoms with Gasteiger partial charge in [-0.05, 0) is 0 Å². The number of rotatable bonds is 6. The van der Waals surface area contributed by atoms with Gasteiger partial charge in [0.25, 0.3) is 0 Å². The minimum atomic E-state index is -1.09. The summed E-state index contributed by atoms with van der Waals surface area (Å²) in [6.07, 6.45) is 0. The van der Waals surface area contributed by atoms with Crippen molar-refractivity contribution >= 4 is 5.97 Å². The summed E-state index contributed by atoms with van der Waals surface area (Å²) >= 11 is 0. The van der Waals surface area contributed by atoms with Crippen LogP contribution in [-0.2, 0) is 4.79 Å². The Morgan fingerprint density at radius 3 is 2.67 bits per heavy atom. The summed E-state index contributed by atoms with van der Waals surface area (Å²) in [5, 5.41) is 19.6. The quantitative estimate of drug-likeness (QED) is 0.291. The van der Waals surface area contributed by atoms with E-state index >= 15 is 0 Å². The fraction of sp³-hybridized carbons (Fsp3) is 0.571. The molecule has 0 aliphatic rings. The normalized spacial score (nSPS) is 12.5. The maximum atomic E-state index is 10.3. The monoisotopic (exact) mass is 174 g/mol. The van der Waals surface area contributed by atoms with Gasteiger partial charge in [-0.3, -0.25) is 0 Å². The lowest BCUT2D eigenvalue weighted by Crippen LogP contribution is -2.38. The van der Waals surface area contributed by atoms with Gasteiger partial charge in [0, 0.05) is 24.7 Å². The molecule has 0 radical (unpaired) electrons. The summed E-state index contributed by atoms with van der Waals surface area (Å²) < 4.78 is 0. The Labute approximate surface area is 70.9 Å². The number of carbonyl (C=O) groups is 1. The lowest BCUT2D eigenvalue weighted by Gasteiger charge is -2.11. The van der Waals surface area contributed by atoms with Gasteiger partial charge in [0.1, 0.15) is 0 Å². The Hall–Kier alpha value is -0.910. The lowest BCUT2D eigenvalue weighted by molar-refractivity contribution is -0.132. The van der Waals surface area contributed by atoms with Gasteiger partial charge in [0.15, 0.2) is 0 Å². The maximum absolute atomic E-state index is 10.3. The number of hydrogen-bond acceptors (Lipinski definition) is 4. The van der Waals surface area contributed by atoms with Crippen LogP contribution >= 0.6 is 0 Å². The van der Waals surface area contributed by atoms with Gasteiger partial charge in [0.05, 0.1) is 6.61 Å². The molecule has 0 amide bonds. The molecule has 5 nitrogen and oxygen atoms in total. The van der Waals surface area contributed by atoms with E-state index in [1.54, 1.807) is 0 Å². The van der Waals surface area contributed by atoms with Crippen molar-refractivity contribution in [1.29, 1.82) is 0 Å². The first kappa shape index (κ1) is 11.1. The number of carboxylic acids is 1. The molecule has 5 N–H and O–H groups in total. The smallest absolute Gasteiger partial charge is 0.332 e. The van der Waals surface area contributed by atoms with Crippen LogP contribution in [0.15, 0.2) is 12.2 Å². The third kappa shape index (κ3) is 4.07. The first-order chi connectivity index (χ1) is 5.59. The molecule has 0 spiro atoms. The van der Waals surface area contributed by atoms with Gasteiger partial charge >= 0.3 is 5.97 Å². The molecule has 0 aromatic heterocycles. The van der Waals surface area contributed by atoms with Crippen molar-refractivity contribution in [2.75, 3.05) is 19.7 Å². The molecule has 0 saturated carbocycles. The zero-order chi connectivity index (χ0) is 9.56. The van der Waals surface area contributed by atoms with Crippen molar-refractivity contribution in [1.82, 2.24) is 5.32 Å². The van der Waals surface area contributed by atoms with Crippen LogP contribution in [0.25, 0.3) is 0 Å². The second kappa shape index (κ2) is 5.70. The SMILES string of the molecule is C=C(C(=O)O)C(N)CNCCO. The molecule has 1 atom stereocenters. The molecular formula is C7H14N2O3. The van der Waals surface area contributed by atoms with Gasteiger partial charge in [-0.2, -0.15) is 0 Å². The van der Waals surface area contributed by atoms with E-state index in [1.165, 1.54) is 0 Å². The first-order valence-corrected chi connectivity index (χ1v) is 3.58. The van der Waals surface area contributed by atoms with E-state index in [4.69, 9.17) is 15.9 Å². The summed E-state index contributed by atoms with van der Waals surface area (Å²) in [6, 6.07) is -0.603. The van der Waals surface area contributed by atoms with Crippen molar-refractivity contribution < 1.29 is 15.0 Å². The Morgan fingerprint density at radius 2 is 2.25 bits per heavy atom. The minimum Gasteiger partial charge on any atom is -0.478 e. The van der Waals surface area contributed by atoms with Crippen molar-refractivity contribution in [2.45, 2.75) is 6.04 Å². The highest BCUT2D eigenvalue weighted by molar-refractivity contribution is 5.87. The Morgan fingerprint density at radius 1 is 1.67 bits per heavy atom. The molecule has 1 unspecified atom stereocenters. The molecule has 0 aliphatic carbocycles. The predicted molar refractivity (Wildman–Crippen MR) is 44.7 cm³/mol. The second-order valence-corrected chi connectivity index (χ2v) is 2.36. The maximum Gasteiger partial charge on any atom is 0.332 e. The largest absolute Gasteiger partial charge is 0.478 e.